The van der Waals surface area contributed by atoms with E-state index in [0.717, 1.165) is 0 Å². The van der Waals surface area contributed by atoms with Gasteiger partial charge in [0.25, 0.3) is 0 Å². The van der Waals surface area contributed by atoms with E-state index in [9.17, 15) is 14.4 Å². The Hall–Kier alpha value is -3.81. The molecule has 0 aromatic heterocycles. The molecular formula is C27H30GdO12. The van der Waals surface area contributed by atoms with Crippen LogP contribution < -0.4 is 28.4 Å². The van der Waals surface area contributed by atoms with Crippen molar-refractivity contribution in [2.75, 3.05) is 42.7 Å². The van der Waals surface area contributed by atoms with E-state index in [1.807, 2.05) is 0 Å². The molecule has 0 aliphatic carbocycles. The second kappa shape index (κ2) is 18.5. The molecule has 0 fully saturated rings. The summed E-state index contributed by atoms with van der Waals surface area (Å²) in [5.74, 6) is -1.10. The van der Waals surface area contributed by atoms with E-state index < -0.39 is 17.9 Å². The number of rotatable bonds is 9. The first-order chi connectivity index (χ1) is 18.6. The summed E-state index contributed by atoms with van der Waals surface area (Å²) < 4.78 is 29.6. The number of carboxylic acids is 3. The van der Waals surface area contributed by atoms with E-state index in [1.54, 1.807) is 36.4 Å². The fraction of sp³-hybridized carbons (Fsp3) is 0.222. The number of para-hydroxylation sites is 3. The molecule has 0 saturated heterocycles. The Morgan fingerprint density at radius 1 is 0.450 bits per heavy atom. The molecule has 3 rings (SSSR count). The Bertz CT molecular complexity index is 1120. The van der Waals surface area contributed by atoms with Gasteiger partial charge in [0.15, 0.2) is 34.5 Å². The van der Waals surface area contributed by atoms with Crippen molar-refractivity contribution in [3.05, 3.63) is 71.3 Å². The third-order valence-electron chi connectivity index (χ3n) is 4.90. The molecule has 13 heteroatoms. The van der Waals surface area contributed by atoms with Crippen LogP contribution in [0.2, 0.25) is 0 Å². The maximum atomic E-state index is 10.7. The van der Waals surface area contributed by atoms with Crippen molar-refractivity contribution in [1.82, 2.24) is 0 Å². The summed E-state index contributed by atoms with van der Waals surface area (Å²) in [6, 6.07) is 14.1. The van der Waals surface area contributed by atoms with Crippen LogP contribution in [0.5, 0.6) is 34.5 Å². The number of carbonyl (C=O) groups is 3. The van der Waals surface area contributed by atoms with Crippen molar-refractivity contribution in [3.63, 3.8) is 0 Å². The quantitative estimate of drug-likeness (QED) is 0.291. The minimum atomic E-state index is -1.03. The Morgan fingerprint density at radius 2 is 0.675 bits per heavy atom. The maximum absolute atomic E-state index is 10.7. The summed E-state index contributed by atoms with van der Waals surface area (Å²) in [5, 5.41) is 26.3. The van der Waals surface area contributed by atoms with Crippen molar-refractivity contribution in [1.29, 1.82) is 0 Å². The summed E-state index contributed by atoms with van der Waals surface area (Å²) in [5.41, 5.74) is 0.297. The topological polar surface area (TPSA) is 167 Å². The zero-order valence-electron chi connectivity index (χ0n) is 22.6. The largest absolute Gasteiger partial charge is 0.493 e. The molecule has 0 unspecified atom stereocenters. The van der Waals surface area contributed by atoms with Crippen LogP contribution in [0, 0.1) is 39.9 Å². The standard InChI is InChI=1S/3C9H10O4.Gd/c3*1-12-7-5-3-4-6(9(10)11)8(7)13-2;/h3*3-5H,1-2H3,(H,10,11);. The average molecular weight is 704 g/mol. The predicted molar refractivity (Wildman–Crippen MR) is 140 cm³/mol. The predicted octanol–water partition coefficient (Wildman–Crippen LogP) is 4.21. The van der Waals surface area contributed by atoms with Crippen molar-refractivity contribution < 1.29 is 98.1 Å². The fourth-order valence-corrected chi connectivity index (χ4v) is 3.17. The van der Waals surface area contributed by atoms with Gasteiger partial charge in [0.05, 0.1) is 42.7 Å². The van der Waals surface area contributed by atoms with Gasteiger partial charge in [-0.3, -0.25) is 0 Å². The summed E-state index contributed by atoms with van der Waals surface area (Å²) >= 11 is 0. The van der Waals surface area contributed by atoms with Crippen LogP contribution in [0.4, 0.5) is 0 Å². The van der Waals surface area contributed by atoms with Gasteiger partial charge in [0.1, 0.15) is 16.7 Å². The number of hydrogen-bond acceptors (Lipinski definition) is 9. The van der Waals surface area contributed by atoms with E-state index in [4.69, 9.17) is 43.7 Å². The van der Waals surface area contributed by atoms with E-state index in [1.165, 1.54) is 60.9 Å². The van der Waals surface area contributed by atoms with Gasteiger partial charge in [-0.05, 0) is 36.4 Å². The van der Waals surface area contributed by atoms with Crippen LogP contribution in [0.3, 0.4) is 0 Å². The van der Waals surface area contributed by atoms with Crippen molar-refractivity contribution in [2.45, 2.75) is 0 Å². The minimum Gasteiger partial charge on any atom is -0.493 e. The maximum Gasteiger partial charge on any atom is 0.339 e. The summed E-state index contributed by atoms with van der Waals surface area (Å²) in [6.45, 7) is 0. The summed E-state index contributed by atoms with van der Waals surface area (Å²) in [4.78, 5) is 32.1. The van der Waals surface area contributed by atoms with E-state index in [-0.39, 0.29) is 73.9 Å². The molecule has 40 heavy (non-hydrogen) atoms. The van der Waals surface area contributed by atoms with Gasteiger partial charge < -0.3 is 43.7 Å². The molecule has 0 aliphatic rings. The number of hydrogen-bond donors (Lipinski definition) is 3. The third-order valence-corrected chi connectivity index (χ3v) is 4.90. The van der Waals surface area contributed by atoms with Gasteiger partial charge in [-0.15, -0.1) is 0 Å². The first kappa shape index (κ1) is 36.2. The Labute approximate surface area is 263 Å². The number of carboxylic acid groups (broad SMARTS) is 3. The molecule has 218 valence electrons. The molecule has 0 heterocycles. The van der Waals surface area contributed by atoms with Crippen LogP contribution in [-0.4, -0.2) is 75.9 Å². The van der Waals surface area contributed by atoms with E-state index in [0.29, 0.717) is 17.2 Å². The molecule has 3 N–H and O–H groups in total. The molecule has 0 radical (unpaired) electrons. The number of aromatic carboxylic acids is 3. The van der Waals surface area contributed by atoms with Gasteiger partial charge in [0, 0.05) is 39.9 Å². The van der Waals surface area contributed by atoms with Gasteiger partial charge in [0.2, 0.25) is 0 Å². The molecule has 0 bridgehead atoms. The molecule has 3 aromatic carbocycles. The van der Waals surface area contributed by atoms with Crippen LogP contribution in [0.25, 0.3) is 0 Å². The molecule has 0 saturated carbocycles. The average Bonchev–Trinajstić information content (AvgIpc) is 2.95. The second-order valence-electron chi connectivity index (χ2n) is 7.04. The van der Waals surface area contributed by atoms with E-state index in [2.05, 4.69) is 0 Å². The van der Waals surface area contributed by atoms with Gasteiger partial charge >= 0.3 is 17.9 Å². The normalized spacial score (nSPS) is 9.15. The number of methoxy groups -OCH3 is 6. The Balaban J connectivity index is 0.000000563. The van der Waals surface area contributed by atoms with Crippen molar-refractivity contribution >= 4 is 17.9 Å². The van der Waals surface area contributed by atoms with E-state index >= 15 is 0 Å². The fourth-order valence-electron chi connectivity index (χ4n) is 3.17. The second-order valence-corrected chi connectivity index (χ2v) is 7.04. The molecular weight excluding hydrogens is 674 g/mol. The molecule has 12 nitrogen and oxygen atoms in total. The van der Waals surface area contributed by atoms with Crippen molar-refractivity contribution in [2.24, 2.45) is 0 Å². The monoisotopic (exact) mass is 704 g/mol. The zero-order chi connectivity index (χ0) is 29.5. The molecule has 0 aliphatic heterocycles. The minimum absolute atomic E-state index is 0. The first-order valence-electron chi connectivity index (χ1n) is 10.9. The number of benzene rings is 3. The van der Waals surface area contributed by atoms with Crippen molar-refractivity contribution in [3.8, 4) is 34.5 Å². The van der Waals surface area contributed by atoms with Gasteiger partial charge in [-0.1, -0.05) is 18.2 Å². The first-order valence-corrected chi connectivity index (χ1v) is 10.9. The molecule has 0 amide bonds. The van der Waals surface area contributed by atoms with Gasteiger partial charge in [-0.2, -0.15) is 0 Å². The molecule has 0 atom stereocenters. The summed E-state index contributed by atoms with van der Waals surface area (Å²) in [7, 11) is 8.61. The van der Waals surface area contributed by atoms with Crippen LogP contribution in [0.15, 0.2) is 54.6 Å². The SMILES string of the molecule is COc1cccc(C(=O)O)c1OC.COc1cccc(C(=O)O)c1OC.COc1cccc(C(=O)O)c1OC.[Gd]. The Morgan fingerprint density at radius 3 is 0.825 bits per heavy atom. The van der Waals surface area contributed by atoms with Crippen LogP contribution in [-0.2, 0) is 0 Å². The molecule has 3 aromatic rings. The molecule has 0 spiro atoms. The number of ether oxygens (including phenoxy) is 6. The van der Waals surface area contributed by atoms with Crippen LogP contribution >= 0.6 is 0 Å². The summed E-state index contributed by atoms with van der Waals surface area (Å²) in [6.07, 6.45) is 0. The van der Waals surface area contributed by atoms with Crippen LogP contribution in [0.1, 0.15) is 31.1 Å². The Kier molecular flexibility index (Phi) is 16.7. The zero-order valence-corrected chi connectivity index (χ0v) is 24.8. The van der Waals surface area contributed by atoms with Gasteiger partial charge in [-0.25, -0.2) is 14.4 Å². The third kappa shape index (κ3) is 9.74. The smallest absolute Gasteiger partial charge is 0.339 e.